The van der Waals surface area contributed by atoms with E-state index in [0.29, 0.717) is 29.1 Å². The zero-order valence-corrected chi connectivity index (χ0v) is 16.1. The molecule has 0 spiro atoms. The second-order valence-electron chi connectivity index (χ2n) is 7.25. The van der Waals surface area contributed by atoms with Crippen LogP contribution in [0.1, 0.15) is 16.7 Å². The number of carbonyl (C=O) groups is 2. The van der Waals surface area contributed by atoms with Crippen LogP contribution >= 0.6 is 0 Å². The van der Waals surface area contributed by atoms with E-state index in [4.69, 9.17) is 5.73 Å². The Morgan fingerprint density at radius 3 is 1.50 bits per heavy atom. The lowest BCUT2D eigenvalue weighted by molar-refractivity contribution is -0.117. The highest BCUT2D eigenvalue weighted by Crippen LogP contribution is 2.37. The van der Waals surface area contributed by atoms with Crippen LogP contribution in [0.5, 0.6) is 0 Å². The van der Waals surface area contributed by atoms with Crippen LogP contribution < -0.4 is 16.4 Å². The van der Waals surface area contributed by atoms with Crippen molar-refractivity contribution in [3.8, 4) is 11.1 Å². The molecular weight excluding hydrogens is 374 g/mol. The number of nitrogens with one attached hydrogen (secondary N) is 2. The Bertz CT molecular complexity index is 1220. The van der Waals surface area contributed by atoms with E-state index in [9.17, 15) is 9.59 Å². The summed E-state index contributed by atoms with van der Waals surface area (Å²) in [5, 5.41) is 5.75. The van der Waals surface area contributed by atoms with Crippen LogP contribution in [0.4, 0.5) is 0 Å². The maximum absolute atomic E-state index is 12.8. The first kappa shape index (κ1) is 18.1. The lowest BCUT2D eigenvalue weighted by atomic mass is 9.99. The standard InChI is InChI=1S/C25H19N3O2/c26-14-15-6-8-18(9-7-15)22-20-21(25(30)27-22)23(28-24(20)29)19-12-10-17(11-13-19)16-4-2-1-3-5-16/h1-13H,14,26H2,(H,27,30)(H,28,29). The van der Waals surface area contributed by atoms with Gasteiger partial charge in [0.25, 0.3) is 11.8 Å². The van der Waals surface area contributed by atoms with Gasteiger partial charge in [-0.2, -0.15) is 0 Å². The number of amides is 2. The van der Waals surface area contributed by atoms with Crippen molar-refractivity contribution in [1.29, 1.82) is 0 Å². The van der Waals surface area contributed by atoms with Gasteiger partial charge >= 0.3 is 0 Å². The SMILES string of the molecule is NCc1ccc(C2=C3C(=O)NC(c4ccc(-c5ccccc5)cc4)=C3C(=O)N2)cc1. The van der Waals surface area contributed by atoms with Gasteiger partial charge in [-0.25, -0.2) is 0 Å². The molecule has 146 valence electrons. The van der Waals surface area contributed by atoms with Crippen molar-refractivity contribution in [2.45, 2.75) is 6.54 Å². The minimum Gasteiger partial charge on any atom is -0.326 e. The van der Waals surface area contributed by atoms with Crippen LogP contribution in [0.15, 0.2) is 90.0 Å². The molecule has 4 N–H and O–H groups in total. The van der Waals surface area contributed by atoms with Crippen molar-refractivity contribution in [3.63, 3.8) is 0 Å². The zero-order valence-electron chi connectivity index (χ0n) is 16.1. The van der Waals surface area contributed by atoms with Gasteiger partial charge in [-0.05, 0) is 27.8 Å². The molecule has 5 rings (SSSR count). The monoisotopic (exact) mass is 393 g/mol. The average Bonchev–Trinajstić information content (AvgIpc) is 3.33. The molecule has 30 heavy (non-hydrogen) atoms. The summed E-state index contributed by atoms with van der Waals surface area (Å²) in [5.74, 6) is -0.549. The van der Waals surface area contributed by atoms with Crippen LogP contribution in [-0.2, 0) is 16.1 Å². The van der Waals surface area contributed by atoms with Gasteiger partial charge in [0.1, 0.15) is 0 Å². The van der Waals surface area contributed by atoms with E-state index in [2.05, 4.69) is 10.6 Å². The van der Waals surface area contributed by atoms with Gasteiger partial charge in [0.15, 0.2) is 0 Å². The van der Waals surface area contributed by atoms with Gasteiger partial charge in [0, 0.05) is 6.54 Å². The summed E-state index contributed by atoms with van der Waals surface area (Å²) >= 11 is 0. The Balaban J connectivity index is 1.55. The molecule has 2 aliphatic heterocycles. The summed E-state index contributed by atoms with van der Waals surface area (Å²) in [6, 6.07) is 25.4. The predicted molar refractivity (Wildman–Crippen MR) is 116 cm³/mol. The zero-order chi connectivity index (χ0) is 20.7. The van der Waals surface area contributed by atoms with Crippen LogP contribution in [0, 0.1) is 0 Å². The van der Waals surface area contributed by atoms with Gasteiger partial charge < -0.3 is 16.4 Å². The average molecular weight is 393 g/mol. The fourth-order valence-electron chi connectivity index (χ4n) is 3.88. The number of nitrogens with two attached hydrogens (primary N) is 1. The van der Waals surface area contributed by atoms with E-state index in [-0.39, 0.29) is 11.8 Å². The molecule has 3 aromatic rings. The molecule has 0 atom stereocenters. The lowest BCUT2D eigenvalue weighted by Crippen LogP contribution is -2.21. The first-order chi connectivity index (χ1) is 14.7. The van der Waals surface area contributed by atoms with E-state index >= 15 is 0 Å². The third-order valence-electron chi connectivity index (χ3n) is 5.44. The van der Waals surface area contributed by atoms with Crippen LogP contribution in [0.2, 0.25) is 0 Å². The molecule has 0 radical (unpaired) electrons. The second kappa shape index (κ2) is 7.13. The van der Waals surface area contributed by atoms with Gasteiger partial charge in [0.05, 0.1) is 22.5 Å². The summed E-state index contributed by atoms with van der Waals surface area (Å²) in [6.07, 6.45) is 0. The van der Waals surface area contributed by atoms with E-state index in [0.717, 1.165) is 27.8 Å². The predicted octanol–water partition coefficient (Wildman–Crippen LogP) is 3.19. The molecule has 3 aromatic carbocycles. The Hall–Kier alpha value is -3.96. The molecule has 0 unspecified atom stereocenters. The quantitative estimate of drug-likeness (QED) is 0.636. The fraction of sp³-hybridized carbons (Fsp3) is 0.0400. The van der Waals surface area contributed by atoms with Crippen molar-refractivity contribution in [1.82, 2.24) is 10.6 Å². The van der Waals surface area contributed by atoms with Gasteiger partial charge in [-0.1, -0.05) is 78.9 Å². The molecule has 0 aromatic heterocycles. The number of carbonyl (C=O) groups excluding carboxylic acids is 2. The maximum atomic E-state index is 12.8. The highest BCUT2D eigenvalue weighted by Gasteiger charge is 2.40. The topological polar surface area (TPSA) is 84.2 Å². The fourth-order valence-corrected chi connectivity index (χ4v) is 3.88. The highest BCUT2D eigenvalue weighted by atomic mass is 16.2. The normalized spacial score (nSPS) is 15.4. The summed E-state index contributed by atoms with van der Waals surface area (Å²) in [5.41, 5.74) is 12.3. The smallest absolute Gasteiger partial charge is 0.258 e. The molecule has 0 saturated carbocycles. The summed E-state index contributed by atoms with van der Waals surface area (Å²) < 4.78 is 0. The van der Waals surface area contributed by atoms with Gasteiger partial charge in [-0.15, -0.1) is 0 Å². The van der Waals surface area contributed by atoms with E-state index in [1.54, 1.807) is 0 Å². The number of fused-ring (bicyclic) bond motifs is 1. The lowest BCUT2D eigenvalue weighted by Gasteiger charge is -2.09. The Morgan fingerprint density at radius 1 is 0.567 bits per heavy atom. The van der Waals surface area contributed by atoms with Crippen molar-refractivity contribution < 1.29 is 9.59 Å². The molecule has 0 saturated heterocycles. The first-order valence-corrected chi connectivity index (χ1v) is 9.72. The summed E-state index contributed by atoms with van der Waals surface area (Å²) in [7, 11) is 0. The number of rotatable bonds is 4. The van der Waals surface area contributed by atoms with E-state index in [1.165, 1.54) is 0 Å². The maximum Gasteiger partial charge on any atom is 0.258 e. The van der Waals surface area contributed by atoms with Crippen molar-refractivity contribution >= 4 is 23.2 Å². The van der Waals surface area contributed by atoms with E-state index < -0.39 is 0 Å². The van der Waals surface area contributed by atoms with Gasteiger partial charge in [-0.3, -0.25) is 9.59 Å². The number of hydrogen-bond donors (Lipinski definition) is 3. The van der Waals surface area contributed by atoms with E-state index in [1.807, 2.05) is 78.9 Å². The Morgan fingerprint density at radius 2 is 1.00 bits per heavy atom. The summed E-state index contributed by atoms with van der Waals surface area (Å²) in [6.45, 7) is 0.438. The van der Waals surface area contributed by atoms with Crippen LogP contribution in [0.25, 0.3) is 22.5 Å². The third-order valence-corrected chi connectivity index (χ3v) is 5.44. The second-order valence-corrected chi connectivity index (χ2v) is 7.25. The minimum atomic E-state index is -0.275. The third kappa shape index (κ3) is 2.93. The molecular formula is C25H19N3O2. The van der Waals surface area contributed by atoms with Crippen molar-refractivity contribution in [3.05, 3.63) is 107 Å². The Labute approximate surface area is 173 Å². The summed E-state index contributed by atoms with van der Waals surface area (Å²) in [4.78, 5) is 25.5. The highest BCUT2D eigenvalue weighted by molar-refractivity contribution is 6.30. The first-order valence-electron chi connectivity index (χ1n) is 9.72. The molecule has 0 bridgehead atoms. The van der Waals surface area contributed by atoms with Crippen LogP contribution in [-0.4, -0.2) is 11.8 Å². The minimum absolute atomic E-state index is 0.275. The largest absolute Gasteiger partial charge is 0.326 e. The molecule has 0 fully saturated rings. The number of hydrogen-bond acceptors (Lipinski definition) is 3. The molecule has 2 aliphatic rings. The van der Waals surface area contributed by atoms with Crippen molar-refractivity contribution in [2.24, 2.45) is 5.73 Å². The number of benzene rings is 3. The molecule has 0 aliphatic carbocycles. The Kier molecular flexibility index (Phi) is 4.30. The molecule has 2 amide bonds. The van der Waals surface area contributed by atoms with Gasteiger partial charge in [0.2, 0.25) is 0 Å². The van der Waals surface area contributed by atoms with Crippen LogP contribution in [0.3, 0.4) is 0 Å². The molecule has 5 nitrogen and oxygen atoms in total. The van der Waals surface area contributed by atoms with Crippen molar-refractivity contribution in [2.75, 3.05) is 0 Å². The molecule has 5 heteroatoms. The molecule has 2 heterocycles.